The molecule has 1 spiro atoms. The van der Waals surface area contributed by atoms with Gasteiger partial charge in [-0.3, -0.25) is 0 Å². The molecule has 0 saturated heterocycles. The summed E-state index contributed by atoms with van der Waals surface area (Å²) in [4.78, 5) is 0.338. The molecule has 5 heteroatoms. The van der Waals surface area contributed by atoms with Gasteiger partial charge in [0, 0.05) is 0 Å². The number of hydrogen-bond donors (Lipinski definition) is 1. The van der Waals surface area contributed by atoms with Crippen molar-refractivity contribution in [1.82, 2.24) is 4.13 Å². The van der Waals surface area contributed by atoms with E-state index in [4.69, 9.17) is 0 Å². The molecule has 4 rings (SSSR count). The van der Waals surface area contributed by atoms with Gasteiger partial charge in [-0.2, -0.15) is 4.13 Å². The van der Waals surface area contributed by atoms with Crippen molar-refractivity contribution in [3.05, 3.63) is 42.0 Å². The van der Waals surface area contributed by atoms with E-state index >= 15 is 0 Å². The monoisotopic (exact) mass is 391 g/mol. The first-order valence-electron chi connectivity index (χ1n) is 9.62. The maximum absolute atomic E-state index is 12.9. The second-order valence-electron chi connectivity index (χ2n) is 8.98. The van der Waals surface area contributed by atoms with E-state index in [-0.39, 0.29) is 15.6 Å². The Morgan fingerprint density at radius 3 is 2.35 bits per heavy atom. The van der Waals surface area contributed by atoms with Crippen LogP contribution in [0.2, 0.25) is 0 Å². The van der Waals surface area contributed by atoms with Gasteiger partial charge < -0.3 is 0 Å². The third-order valence-corrected chi connectivity index (χ3v) is 10.9. The minimum atomic E-state index is -3.53. The molecule has 26 heavy (non-hydrogen) atoms. The largest absolute Gasteiger partial charge is 0.249 e. The summed E-state index contributed by atoms with van der Waals surface area (Å²) in [5.74, 6) is 0.626. The molecule has 3 saturated carbocycles. The summed E-state index contributed by atoms with van der Waals surface area (Å²) in [5, 5.41) is 0. The lowest BCUT2D eigenvalue weighted by Crippen LogP contribution is -2.41. The minimum absolute atomic E-state index is 0.0882. The van der Waals surface area contributed by atoms with Gasteiger partial charge in [-0.25, -0.2) is 8.42 Å². The highest BCUT2D eigenvalue weighted by Gasteiger charge is 2.72. The van der Waals surface area contributed by atoms with E-state index in [1.165, 1.54) is 49.6 Å². The van der Waals surface area contributed by atoms with Crippen LogP contribution in [-0.2, 0) is 10.0 Å². The number of benzene rings is 1. The normalized spacial score (nSPS) is 31.8. The fraction of sp³-hybridized carbons (Fsp3) is 0.619. The van der Waals surface area contributed by atoms with Gasteiger partial charge in [-0.15, -0.1) is 0 Å². The van der Waals surface area contributed by atoms with Crippen LogP contribution in [0.1, 0.15) is 57.9 Å². The van der Waals surface area contributed by atoms with Crippen molar-refractivity contribution in [2.75, 3.05) is 0 Å². The predicted octanol–water partition coefficient (Wildman–Crippen LogP) is 5.23. The lowest BCUT2D eigenvalue weighted by atomic mass is 9.70. The molecule has 0 aromatic heterocycles. The molecular weight excluding hydrogens is 362 g/mol. The van der Waals surface area contributed by atoms with Crippen LogP contribution in [0.5, 0.6) is 0 Å². The Morgan fingerprint density at radius 2 is 1.73 bits per heavy atom. The number of sulfonamides is 1. The number of rotatable bonds is 4. The summed E-state index contributed by atoms with van der Waals surface area (Å²) < 4.78 is 28.5. The second kappa shape index (κ2) is 5.86. The molecule has 0 aliphatic heterocycles. The number of hydrogen-bond acceptors (Lipinski definition) is 3. The maximum atomic E-state index is 12.9. The molecule has 1 aromatic carbocycles. The highest BCUT2D eigenvalue weighted by Crippen LogP contribution is 2.78. The highest BCUT2D eigenvalue weighted by molar-refractivity contribution is 8.10. The van der Waals surface area contributed by atoms with Gasteiger partial charge in [0.2, 0.25) is 10.0 Å². The van der Waals surface area contributed by atoms with Gasteiger partial charge in [0.15, 0.2) is 0 Å². The fourth-order valence-corrected chi connectivity index (χ4v) is 9.29. The van der Waals surface area contributed by atoms with Crippen molar-refractivity contribution in [2.45, 2.75) is 68.9 Å². The second-order valence-corrected chi connectivity index (χ2v) is 12.0. The van der Waals surface area contributed by atoms with Crippen molar-refractivity contribution in [2.24, 2.45) is 16.7 Å². The van der Waals surface area contributed by atoms with Crippen molar-refractivity contribution in [3.8, 4) is 0 Å². The summed E-state index contributed by atoms with van der Waals surface area (Å²) in [6.07, 6.45) is 7.16. The van der Waals surface area contributed by atoms with Crippen LogP contribution in [-0.4, -0.2) is 13.2 Å². The molecule has 0 radical (unpaired) electrons. The average Bonchev–Trinajstić information content (AvgIpc) is 3.22. The van der Waals surface area contributed by atoms with Gasteiger partial charge in [-0.05, 0) is 61.5 Å². The van der Waals surface area contributed by atoms with E-state index in [0.29, 0.717) is 10.8 Å². The molecule has 0 unspecified atom stereocenters. The van der Waals surface area contributed by atoms with E-state index in [1.54, 1.807) is 12.1 Å². The topological polar surface area (TPSA) is 46.2 Å². The average molecular weight is 392 g/mol. The van der Waals surface area contributed by atoms with Gasteiger partial charge in [0.05, 0.1) is 9.64 Å². The quantitative estimate of drug-likeness (QED) is 0.565. The lowest BCUT2D eigenvalue weighted by molar-refractivity contribution is 0.156. The number of aryl methyl sites for hydroxylation is 1. The molecule has 1 N–H and O–H groups in total. The molecule has 3 aliphatic carbocycles. The molecule has 3 fully saturated rings. The summed E-state index contributed by atoms with van der Waals surface area (Å²) in [6, 6.07) is 7.07. The van der Waals surface area contributed by atoms with Crippen LogP contribution in [0, 0.1) is 23.7 Å². The van der Waals surface area contributed by atoms with Crippen LogP contribution in [0.3, 0.4) is 0 Å². The first-order valence-corrected chi connectivity index (χ1v) is 11.9. The van der Waals surface area contributed by atoms with Crippen LogP contribution in [0.25, 0.3) is 0 Å². The Labute approximate surface area is 162 Å². The summed E-state index contributed by atoms with van der Waals surface area (Å²) in [5.41, 5.74) is 2.61. The Balaban J connectivity index is 1.66. The molecule has 3 nitrogen and oxygen atoms in total. The Morgan fingerprint density at radius 1 is 1.12 bits per heavy atom. The zero-order valence-corrected chi connectivity index (χ0v) is 17.6. The van der Waals surface area contributed by atoms with Gasteiger partial charge in [-0.1, -0.05) is 68.5 Å². The van der Waals surface area contributed by atoms with Crippen LogP contribution in [0.4, 0.5) is 0 Å². The third kappa shape index (κ3) is 2.33. The van der Waals surface area contributed by atoms with E-state index in [2.05, 4.69) is 24.6 Å². The van der Waals surface area contributed by atoms with Gasteiger partial charge in [0.25, 0.3) is 0 Å². The maximum Gasteiger partial charge on any atom is 0.249 e. The molecule has 0 amide bonds. The van der Waals surface area contributed by atoms with E-state index in [1.807, 2.05) is 19.1 Å². The lowest BCUT2D eigenvalue weighted by Gasteiger charge is -2.41. The van der Waals surface area contributed by atoms with Crippen molar-refractivity contribution in [1.29, 1.82) is 0 Å². The summed E-state index contributed by atoms with van der Waals surface area (Å²) in [6.45, 7) is 11.1. The van der Waals surface area contributed by atoms with Crippen molar-refractivity contribution >= 4 is 22.0 Å². The van der Waals surface area contributed by atoms with Crippen LogP contribution >= 0.6 is 11.9 Å². The SMILES string of the molecule is C=C1C(C)(C)[C@@H]2CC[C@@]1(SNS(=O)(=O)c1ccc(C)cc1)C21CCCC1. The zero-order chi connectivity index (χ0) is 18.8. The molecule has 2 atom stereocenters. The number of nitrogens with one attached hydrogen (secondary N) is 1. The molecule has 0 heterocycles. The van der Waals surface area contributed by atoms with Crippen molar-refractivity contribution in [3.63, 3.8) is 0 Å². The van der Waals surface area contributed by atoms with Gasteiger partial charge in [0.1, 0.15) is 0 Å². The molecule has 3 aliphatic rings. The minimum Gasteiger partial charge on any atom is -0.206 e. The predicted molar refractivity (Wildman–Crippen MR) is 108 cm³/mol. The van der Waals surface area contributed by atoms with E-state index in [0.717, 1.165) is 12.0 Å². The van der Waals surface area contributed by atoms with Crippen LogP contribution < -0.4 is 4.13 Å². The third-order valence-electron chi connectivity index (χ3n) is 7.55. The molecule has 142 valence electrons. The smallest absolute Gasteiger partial charge is 0.206 e. The highest BCUT2D eigenvalue weighted by atomic mass is 32.3. The standard InChI is InChI=1S/C21H29NO2S2/c1-15-7-9-17(10-8-15)26(23,24)22-25-21-14-11-18(19(3,4)16(21)2)20(21)12-5-6-13-20/h7-10,18,22H,2,5-6,11-14H2,1,3-4H3/t18-,21-/m0/s1. The van der Waals surface area contributed by atoms with E-state index in [9.17, 15) is 8.42 Å². The first kappa shape index (κ1) is 18.6. The van der Waals surface area contributed by atoms with Crippen LogP contribution in [0.15, 0.2) is 41.3 Å². The summed E-state index contributed by atoms with van der Waals surface area (Å²) >= 11 is 1.45. The zero-order valence-electron chi connectivity index (χ0n) is 16.0. The Hall–Kier alpha value is -0.780. The Kier molecular flexibility index (Phi) is 4.18. The molecular formula is C21H29NO2S2. The van der Waals surface area contributed by atoms with E-state index < -0.39 is 10.0 Å². The fourth-order valence-electron chi connectivity index (χ4n) is 6.25. The van der Waals surface area contributed by atoms with Gasteiger partial charge >= 0.3 is 0 Å². The molecule has 1 aromatic rings. The van der Waals surface area contributed by atoms with Crippen molar-refractivity contribution < 1.29 is 8.42 Å². The summed E-state index contributed by atoms with van der Waals surface area (Å²) in [7, 11) is -3.53. The Bertz CT molecular complexity index is 835. The first-order chi connectivity index (χ1) is 12.2. The molecule has 2 bridgehead atoms.